The molecule has 1 aliphatic rings. The van der Waals surface area contributed by atoms with Crippen LogP contribution in [-0.2, 0) is 10.8 Å². The van der Waals surface area contributed by atoms with Crippen molar-refractivity contribution in [2.24, 2.45) is 0 Å². The van der Waals surface area contributed by atoms with E-state index in [-0.39, 0.29) is 10.8 Å². The molecule has 6 aromatic carbocycles. The molecule has 0 atom stereocenters. The highest BCUT2D eigenvalue weighted by Crippen LogP contribution is 2.57. The second-order valence-corrected chi connectivity index (χ2v) is 12.9. The van der Waals surface area contributed by atoms with Crippen molar-refractivity contribution < 1.29 is 0 Å². The highest BCUT2D eigenvalue weighted by molar-refractivity contribution is 6.15. The fraction of sp³-hybridized carbons (Fsp3) is 0.146. The molecular formula is C41H33N3. The van der Waals surface area contributed by atoms with Crippen molar-refractivity contribution in [3.05, 3.63) is 139 Å². The summed E-state index contributed by atoms with van der Waals surface area (Å²) in [5, 5.41) is 4.84. The van der Waals surface area contributed by atoms with Crippen LogP contribution in [0.5, 0.6) is 0 Å². The average molecular weight is 568 g/mol. The molecule has 3 heteroatoms. The van der Waals surface area contributed by atoms with Crippen molar-refractivity contribution in [3.63, 3.8) is 0 Å². The Morgan fingerprint density at radius 3 is 1.64 bits per heavy atom. The third kappa shape index (κ3) is 3.85. The average Bonchev–Trinajstić information content (AvgIpc) is 3.07. The first-order valence-electron chi connectivity index (χ1n) is 15.3. The van der Waals surface area contributed by atoms with Crippen LogP contribution in [0.1, 0.15) is 38.8 Å². The van der Waals surface area contributed by atoms with E-state index in [1.807, 2.05) is 36.4 Å². The number of benzene rings is 6. The molecule has 0 fully saturated rings. The highest BCUT2D eigenvalue weighted by atomic mass is 15.0. The van der Waals surface area contributed by atoms with Crippen molar-refractivity contribution >= 4 is 21.5 Å². The van der Waals surface area contributed by atoms with Gasteiger partial charge in [0.25, 0.3) is 0 Å². The third-order valence-corrected chi connectivity index (χ3v) is 10.1. The van der Waals surface area contributed by atoms with E-state index in [9.17, 15) is 0 Å². The van der Waals surface area contributed by atoms with Crippen molar-refractivity contribution in [1.29, 1.82) is 0 Å². The van der Waals surface area contributed by atoms with Crippen LogP contribution < -0.4 is 0 Å². The van der Waals surface area contributed by atoms with Gasteiger partial charge in [0.2, 0.25) is 0 Å². The van der Waals surface area contributed by atoms with Crippen molar-refractivity contribution in [2.75, 3.05) is 0 Å². The number of aromatic nitrogens is 3. The molecule has 212 valence electrons. The van der Waals surface area contributed by atoms with E-state index in [0.717, 1.165) is 22.1 Å². The van der Waals surface area contributed by atoms with Gasteiger partial charge in [0.15, 0.2) is 17.5 Å². The Labute approximate surface area is 258 Å². The molecule has 0 saturated heterocycles. The van der Waals surface area contributed by atoms with Crippen molar-refractivity contribution in [1.82, 2.24) is 15.0 Å². The highest BCUT2D eigenvalue weighted by Gasteiger charge is 2.47. The molecule has 44 heavy (non-hydrogen) atoms. The second kappa shape index (κ2) is 9.68. The van der Waals surface area contributed by atoms with E-state index in [4.69, 9.17) is 15.0 Å². The zero-order valence-electron chi connectivity index (χ0n) is 25.5. The van der Waals surface area contributed by atoms with Crippen LogP contribution in [0.3, 0.4) is 0 Å². The molecule has 0 aliphatic heterocycles. The zero-order chi connectivity index (χ0) is 30.1. The maximum absolute atomic E-state index is 5.27. The summed E-state index contributed by atoms with van der Waals surface area (Å²) < 4.78 is 0. The van der Waals surface area contributed by atoms with Gasteiger partial charge in [-0.2, -0.15) is 0 Å². The quantitative estimate of drug-likeness (QED) is 0.199. The van der Waals surface area contributed by atoms with Crippen LogP contribution in [0.25, 0.3) is 66.8 Å². The number of nitrogens with zero attached hydrogens (tertiary/aromatic N) is 3. The fourth-order valence-electron chi connectivity index (χ4n) is 7.00. The Kier molecular flexibility index (Phi) is 5.83. The third-order valence-electron chi connectivity index (χ3n) is 10.1. The normalized spacial score (nSPS) is 14.7. The van der Waals surface area contributed by atoms with Crippen LogP contribution in [0, 0.1) is 0 Å². The summed E-state index contributed by atoms with van der Waals surface area (Å²) in [6.45, 7) is 9.54. The van der Waals surface area contributed by atoms with Gasteiger partial charge in [-0.1, -0.05) is 149 Å². The lowest BCUT2D eigenvalue weighted by atomic mass is 9.54. The van der Waals surface area contributed by atoms with Crippen LogP contribution in [0.4, 0.5) is 0 Å². The maximum Gasteiger partial charge on any atom is 0.165 e. The monoisotopic (exact) mass is 567 g/mol. The molecule has 0 amide bonds. The Morgan fingerprint density at radius 1 is 0.409 bits per heavy atom. The van der Waals surface area contributed by atoms with Gasteiger partial charge < -0.3 is 0 Å². The van der Waals surface area contributed by atoms with Gasteiger partial charge >= 0.3 is 0 Å². The predicted molar refractivity (Wildman–Crippen MR) is 183 cm³/mol. The van der Waals surface area contributed by atoms with Gasteiger partial charge in [0.1, 0.15) is 0 Å². The summed E-state index contributed by atoms with van der Waals surface area (Å²) in [6, 6.07) is 45.0. The number of fused-ring (bicyclic) bond motifs is 6. The maximum atomic E-state index is 5.27. The zero-order valence-corrected chi connectivity index (χ0v) is 25.5. The second-order valence-electron chi connectivity index (χ2n) is 12.9. The lowest BCUT2D eigenvalue weighted by Crippen LogP contribution is -2.43. The van der Waals surface area contributed by atoms with Crippen LogP contribution >= 0.6 is 0 Å². The van der Waals surface area contributed by atoms with Gasteiger partial charge in [0, 0.05) is 16.7 Å². The molecule has 1 heterocycles. The Balaban J connectivity index is 1.57. The van der Waals surface area contributed by atoms with Crippen molar-refractivity contribution in [2.45, 2.75) is 38.5 Å². The minimum absolute atomic E-state index is 0.102. The SMILES string of the molecule is CC1(C)c2ccccc2-c2c(cc3c(ccc4ccccc43)c2-c2nc(-c3ccccc3)nc(-c3ccccc3)n2)C1(C)C. The summed E-state index contributed by atoms with van der Waals surface area (Å²) in [6.07, 6.45) is 0. The molecule has 8 rings (SSSR count). The molecule has 1 aromatic heterocycles. The molecule has 0 spiro atoms. The van der Waals surface area contributed by atoms with Gasteiger partial charge in [-0.05, 0) is 60.7 Å². The van der Waals surface area contributed by atoms with E-state index >= 15 is 0 Å². The molecule has 0 saturated carbocycles. The van der Waals surface area contributed by atoms with Gasteiger partial charge in [0.05, 0.1) is 0 Å². The first-order valence-corrected chi connectivity index (χ1v) is 15.3. The molecule has 0 bridgehead atoms. The molecule has 0 N–H and O–H groups in total. The Morgan fingerprint density at radius 2 is 0.955 bits per heavy atom. The summed E-state index contributed by atoms with van der Waals surface area (Å²) in [4.78, 5) is 15.6. The van der Waals surface area contributed by atoms with Gasteiger partial charge in [-0.15, -0.1) is 0 Å². The summed E-state index contributed by atoms with van der Waals surface area (Å²) in [5.41, 5.74) is 7.86. The summed E-state index contributed by atoms with van der Waals surface area (Å²) in [5.74, 6) is 2.04. The smallest absolute Gasteiger partial charge is 0.165 e. The lowest BCUT2D eigenvalue weighted by molar-refractivity contribution is 0.299. The molecule has 0 unspecified atom stereocenters. The number of rotatable bonds is 3. The topological polar surface area (TPSA) is 38.7 Å². The largest absolute Gasteiger partial charge is 0.208 e. The lowest BCUT2D eigenvalue weighted by Gasteiger charge is -2.49. The van der Waals surface area contributed by atoms with E-state index in [0.29, 0.717) is 17.5 Å². The predicted octanol–water partition coefficient (Wildman–Crippen LogP) is 10.4. The van der Waals surface area contributed by atoms with E-state index in [1.54, 1.807) is 0 Å². The molecule has 1 aliphatic carbocycles. The summed E-state index contributed by atoms with van der Waals surface area (Å²) in [7, 11) is 0. The van der Waals surface area contributed by atoms with E-state index in [2.05, 4.69) is 119 Å². The first kappa shape index (κ1) is 26.5. The summed E-state index contributed by atoms with van der Waals surface area (Å²) >= 11 is 0. The Hall–Kier alpha value is -5.15. The van der Waals surface area contributed by atoms with Gasteiger partial charge in [-0.25, -0.2) is 15.0 Å². The number of hydrogen-bond donors (Lipinski definition) is 0. The minimum Gasteiger partial charge on any atom is -0.208 e. The minimum atomic E-state index is -0.172. The van der Waals surface area contributed by atoms with Crippen molar-refractivity contribution in [3.8, 4) is 45.3 Å². The van der Waals surface area contributed by atoms with E-state index < -0.39 is 0 Å². The molecular weight excluding hydrogens is 534 g/mol. The Bertz CT molecular complexity index is 2160. The molecule has 3 nitrogen and oxygen atoms in total. The fourth-order valence-corrected chi connectivity index (χ4v) is 7.00. The molecule has 7 aromatic rings. The van der Waals surface area contributed by atoms with Gasteiger partial charge in [-0.3, -0.25) is 0 Å². The van der Waals surface area contributed by atoms with E-state index in [1.165, 1.54) is 38.4 Å². The first-order chi connectivity index (χ1) is 21.3. The van der Waals surface area contributed by atoms with Crippen LogP contribution in [-0.4, -0.2) is 15.0 Å². The standard InChI is InChI=1S/C41H33N3/c1-40(2)33-22-14-13-21-31(33)35-34(41(40,3)4)25-32-29-20-12-11-15-26(29)23-24-30(32)36(35)39-43-37(27-16-7-5-8-17-27)42-38(44-39)28-18-9-6-10-19-28/h5-25H,1-4H3. The van der Waals surface area contributed by atoms with Crippen LogP contribution in [0.15, 0.2) is 127 Å². The number of hydrogen-bond acceptors (Lipinski definition) is 3. The van der Waals surface area contributed by atoms with Crippen LogP contribution in [0.2, 0.25) is 0 Å². The molecule has 0 radical (unpaired) electrons.